The van der Waals surface area contributed by atoms with Gasteiger partial charge in [-0.1, -0.05) is 29.4 Å². The summed E-state index contributed by atoms with van der Waals surface area (Å²) in [4.78, 5) is 12.2. The molecule has 1 amide bonds. The minimum atomic E-state index is -3.34. The molecule has 8 nitrogen and oxygen atoms in total. The molecular weight excluding hydrogens is 448 g/mol. The van der Waals surface area contributed by atoms with Crippen LogP contribution in [0.4, 0.5) is 11.4 Å². The molecule has 0 radical (unpaired) electrons. The van der Waals surface area contributed by atoms with Crippen molar-refractivity contribution in [2.75, 3.05) is 21.5 Å². The van der Waals surface area contributed by atoms with Gasteiger partial charge in [0.15, 0.2) is 0 Å². The zero-order valence-corrected chi connectivity index (χ0v) is 18.6. The molecule has 0 unspecified atom stereocenters. The Balaban J connectivity index is 1.58. The lowest BCUT2D eigenvalue weighted by atomic mass is 10.2. The molecule has 0 fully saturated rings. The second-order valence-electron chi connectivity index (χ2n) is 6.21. The van der Waals surface area contributed by atoms with Gasteiger partial charge in [-0.3, -0.25) is 9.52 Å². The second-order valence-corrected chi connectivity index (χ2v) is 9.55. The Hall–Kier alpha value is -2.56. The van der Waals surface area contributed by atoms with Crippen LogP contribution in [-0.4, -0.2) is 36.0 Å². The topological polar surface area (TPSA) is 114 Å². The molecule has 2 N–H and O–H groups in total. The maximum absolute atomic E-state index is 12.2. The highest BCUT2D eigenvalue weighted by Gasteiger charge is 2.13. The lowest BCUT2D eigenvalue weighted by Gasteiger charge is -2.08. The van der Waals surface area contributed by atoms with Gasteiger partial charge in [0, 0.05) is 22.0 Å². The maximum atomic E-state index is 12.2. The van der Waals surface area contributed by atoms with Crippen LogP contribution in [0.1, 0.15) is 12.5 Å². The predicted molar refractivity (Wildman–Crippen MR) is 118 cm³/mol. The highest BCUT2D eigenvalue weighted by molar-refractivity contribution is 7.99. The quantitative estimate of drug-likeness (QED) is 0.478. The van der Waals surface area contributed by atoms with Gasteiger partial charge in [0.1, 0.15) is 0 Å². The summed E-state index contributed by atoms with van der Waals surface area (Å²) >= 11 is 7.17. The third-order valence-corrected chi connectivity index (χ3v) is 6.59. The molecule has 3 aromatic rings. The lowest BCUT2D eigenvalue weighted by molar-refractivity contribution is -0.113. The Morgan fingerprint density at radius 3 is 2.60 bits per heavy atom. The van der Waals surface area contributed by atoms with E-state index in [-0.39, 0.29) is 28.5 Å². The molecule has 0 aliphatic carbocycles. The number of aromatic nitrogens is 2. The van der Waals surface area contributed by atoms with Gasteiger partial charge < -0.3 is 9.73 Å². The summed E-state index contributed by atoms with van der Waals surface area (Å²) < 4.78 is 31.3. The minimum Gasteiger partial charge on any atom is -0.411 e. The van der Waals surface area contributed by atoms with Gasteiger partial charge in [0.05, 0.1) is 11.5 Å². The molecule has 0 bridgehead atoms. The SMILES string of the molecule is CCS(=O)(=O)Nc1ccc(-c2nnc(SCC(=O)Nc3cccc(Cl)c3C)o2)cc1. The summed E-state index contributed by atoms with van der Waals surface area (Å²) in [6.45, 7) is 3.39. The molecule has 0 saturated carbocycles. The van der Waals surface area contributed by atoms with E-state index >= 15 is 0 Å². The van der Waals surface area contributed by atoms with Crippen molar-refractivity contribution < 1.29 is 17.6 Å². The van der Waals surface area contributed by atoms with E-state index in [1.165, 1.54) is 0 Å². The number of hydrogen-bond acceptors (Lipinski definition) is 7. The van der Waals surface area contributed by atoms with Crippen LogP contribution in [0, 0.1) is 6.92 Å². The molecule has 158 valence electrons. The standard InChI is InChI=1S/C19H19ClN4O4S2/c1-3-30(26,27)24-14-9-7-13(8-10-14)18-22-23-19(28-18)29-11-17(25)21-16-6-4-5-15(20)12(16)2/h4-10,24H,3,11H2,1-2H3,(H,21,25). The van der Waals surface area contributed by atoms with Crippen LogP contribution < -0.4 is 10.0 Å². The van der Waals surface area contributed by atoms with Gasteiger partial charge in [-0.2, -0.15) is 0 Å². The molecule has 1 heterocycles. The van der Waals surface area contributed by atoms with Gasteiger partial charge in [0.25, 0.3) is 5.22 Å². The normalized spacial score (nSPS) is 11.3. The van der Waals surface area contributed by atoms with Crippen LogP contribution in [0.5, 0.6) is 0 Å². The number of carbonyl (C=O) groups excluding carboxylic acids is 1. The molecule has 0 saturated heterocycles. The first-order chi connectivity index (χ1) is 14.3. The molecule has 30 heavy (non-hydrogen) atoms. The minimum absolute atomic E-state index is 0.0105. The zero-order valence-electron chi connectivity index (χ0n) is 16.2. The average Bonchev–Trinajstić information content (AvgIpc) is 3.19. The van der Waals surface area contributed by atoms with E-state index < -0.39 is 10.0 Å². The molecule has 2 aromatic carbocycles. The van der Waals surface area contributed by atoms with Crippen molar-refractivity contribution in [2.24, 2.45) is 0 Å². The molecule has 11 heteroatoms. The highest BCUT2D eigenvalue weighted by Crippen LogP contribution is 2.26. The van der Waals surface area contributed by atoms with Crippen molar-refractivity contribution in [1.29, 1.82) is 0 Å². The number of amides is 1. The fourth-order valence-corrected chi connectivity index (χ4v) is 3.75. The Kier molecular flexibility index (Phi) is 7.01. The van der Waals surface area contributed by atoms with Gasteiger partial charge in [-0.05, 0) is 55.8 Å². The first-order valence-electron chi connectivity index (χ1n) is 8.89. The number of rotatable bonds is 8. The Morgan fingerprint density at radius 2 is 1.90 bits per heavy atom. The molecule has 0 aliphatic rings. The van der Waals surface area contributed by atoms with E-state index in [0.717, 1.165) is 17.3 Å². The number of anilines is 2. The Morgan fingerprint density at radius 1 is 1.17 bits per heavy atom. The van der Waals surface area contributed by atoms with Crippen LogP contribution >= 0.6 is 23.4 Å². The Labute approximate surface area is 183 Å². The number of nitrogens with zero attached hydrogens (tertiary/aromatic N) is 2. The van der Waals surface area contributed by atoms with E-state index in [1.807, 2.05) is 6.92 Å². The number of sulfonamides is 1. The van der Waals surface area contributed by atoms with Gasteiger partial charge in [0.2, 0.25) is 21.8 Å². The van der Waals surface area contributed by atoms with Gasteiger partial charge in [-0.15, -0.1) is 10.2 Å². The number of hydrogen-bond donors (Lipinski definition) is 2. The van der Waals surface area contributed by atoms with Crippen LogP contribution in [-0.2, 0) is 14.8 Å². The van der Waals surface area contributed by atoms with Crippen molar-refractivity contribution in [2.45, 2.75) is 19.1 Å². The van der Waals surface area contributed by atoms with Crippen molar-refractivity contribution in [3.05, 3.63) is 53.1 Å². The van der Waals surface area contributed by atoms with Crippen molar-refractivity contribution >= 4 is 50.7 Å². The highest BCUT2D eigenvalue weighted by atomic mass is 35.5. The number of halogens is 1. The fraction of sp³-hybridized carbons (Fsp3) is 0.211. The summed E-state index contributed by atoms with van der Waals surface area (Å²) in [7, 11) is -3.34. The zero-order chi connectivity index (χ0) is 21.7. The van der Waals surface area contributed by atoms with E-state index in [4.69, 9.17) is 16.0 Å². The smallest absolute Gasteiger partial charge is 0.277 e. The molecule has 0 aliphatic heterocycles. The van der Waals surface area contributed by atoms with E-state index in [9.17, 15) is 13.2 Å². The number of carbonyl (C=O) groups is 1. The largest absolute Gasteiger partial charge is 0.411 e. The number of thioether (sulfide) groups is 1. The first-order valence-corrected chi connectivity index (χ1v) is 11.9. The van der Waals surface area contributed by atoms with Crippen LogP contribution in [0.3, 0.4) is 0 Å². The predicted octanol–water partition coefficient (Wildman–Crippen LogP) is 4.19. The second kappa shape index (κ2) is 9.50. The summed E-state index contributed by atoms with van der Waals surface area (Å²) in [5, 5.41) is 11.5. The number of benzene rings is 2. The molecule has 1 aromatic heterocycles. The van der Waals surface area contributed by atoms with E-state index in [0.29, 0.717) is 22.0 Å². The molecule has 0 spiro atoms. The first kappa shape index (κ1) is 22.1. The Bertz CT molecular complexity index is 1150. The average molecular weight is 467 g/mol. The van der Waals surface area contributed by atoms with Gasteiger partial charge in [-0.25, -0.2) is 8.42 Å². The van der Waals surface area contributed by atoms with Crippen LogP contribution in [0.2, 0.25) is 5.02 Å². The summed E-state index contributed by atoms with van der Waals surface area (Å²) in [5.74, 6) is 0.126. The van der Waals surface area contributed by atoms with E-state index in [1.54, 1.807) is 49.4 Å². The third kappa shape index (κ3) is 5.74. The molecule has 0 atom stereocenters. The number of nitrogens with one attached hydrogen (secondary N) is 2. The van der Waals surface area contributed by atoms with Crippen molar-refractivity contribution in [3.8, 4) is 11.5 Å². The fourth-order valence-electron chi connectivity index (χ4n) is 2.37. The maximum Gasteiger partial charge on any atom is 0.277 e. The van der Waals surface area contributed by atoms with Crippen LogP contribution in [0.25, 0.3) is 11.5 Å². The third-order valence-electron chi connectivity index (χ3n) is 4.06. The summed E-state index contributed by atoms with van der Waals surface area (Å²) in [5.41, 5.74) is 2.52. The van der Waals surface area contributed by atoms with E-state index in [2.05, 4.69) is 20.2 Å². The molecule has 3 rings (SSSR count). The van der Waals surface area contributed by atoms with Crippen molar-refractivity contribution in [1.82, 2.24) is 10.2 Å². The summed E-state index contributed by atoms with van der Waals surface area (Å²) in [6, 6.07) is 11.9. The lowest BCUT2D eigenvalue weighted by Crippen LogP contribution is -2.14. The van der Waals surface area contributed by atoms with Crippen molar-refractivity contribution in [3.63, 3.8) is 0 Å². The van der Waals surface area contributed by atoms with Gasteiger partial charge >= 0.3 is 0 Å². The molecular formula is C19H19ClN4O4S2. The van der Waals surface area contributed by atoms with Crippen LogP contribution in [0.15, 0.2) is 52.1 Å². The monoisotopic (exact) mass is 466 g/mol. The summed E-state index contributed by atoms with van der Waals surface area (Å²) in [6.07, 6.45) is 0.